The van der Waals surface area contributed by atoms with E-state index in [0.717, 1.165) is 11.1 Å². The molecule has 0 radical (unpaired) electrons. The minimum Gasteiger partial charge on any atom is -0.439 e. The Morgan fingerprint density at radius 3 is 2.74 bits per heavy atom. The van der Waals surface area contributed by atoms with E-state index in [4.69, 9.17) is 15.1 Å². The van der Waals surface area contributed by atoms with Crippen LogP contribution in [0.15, 0.2) is 71.5 Å². The van der Waals surface area contributed by atoms with E-state index in [0.29, 0.717) is 47.4 Å². The average molecular weight is 470 g/mol. The van der Waals surface area contributed by atoms with Crippen LogP contribution in [-0.2, 0) is 13.1 Å². The first-order valence-electron chi connectivity index (χ1n) is 10.9. The van der Waals surface area contributed by atoms with Crippen LogP contribution in [0.25, 0.3) is 22.6 Å². The maximum Gasteiger partial charge on any atom is 0.319 e. The SMILES string of the molecule is CCn1c(-c2nonc2N)nc2cnc(Oc3cccc(NC(=O)NCc4ccccc4)c3)cc21. The number of nitrogens with one attached hydrogen (secondary N) is 2. The Kier molecular flexibility index (Phi) is 5.95. The predicted molar refractivity (Wildman–Crippen MR) is 130 cm³/mol. The minimum absolute atomic E-state index is 0.163. The summed E-state index contributed by atoms with van der Waals surface area (Å²) in [5.74, 6) is 1.59. The lowest BCUT2D eigenvalue weighted by Crippen LogP contribution is -2.28. The van der Waals surface area contributed by atoms with Crippen molar-refractivity contribution in [1.82, 2.24) is 30.2 Å². The number of aryl methyl sites for hydroxylation is 1. The molecule has 4 N–H and O–H groups in total. The van der Waals surface area contributed by atoms with Crippen molar-refractivity contribution in [3.05, 3.63) is 72.4 Å². The lowest BCUT2D eigenvalue weighted by molar-refractivity contribution is 0.251. The highest BCUT2D eigenvalue weighted by atomic mass is 16.6. The number of rotatable bonds is 7. The summed E-state index contributed by atoms with van der Waals surface area (Å²) >= 11 is 0. The van der Waals surface area contributed by atoms with Gasteiger partial charge in [-0.15, -0.1) is 0 Å². The highest BCUT2D eigenvalue weighted by Gasteiger charge is 2.19. The molecule has 2 amide bonds. The molecule has 3 aromatic heterocycles. The Morgan fingerprint density at radius 2 is 1.97 bits per heavy atom. The molecule has 11 heteroatoms. The summed E-state index contributed by atoms with van der Waals surface area (Å²) < 4.78 is 12.6. The van der Waals surface area contributed by atoms with Crippen molar-refractivity contribution in [2.24, 2.45) is 0 Å². The average Bonchev–Trinajstić information content (AvgIpc) is 3.46. The molecule has 0 aliphatic rings. The van der Waals surface area contributed by atoms with Crippen molar-refractivity contribution in [3.8, 4) is 23.1 Å². The normalized spacial score (nSPS) is 10.9. The van der Waals surface area contributed by atoms with Crippen LogP contribution in [0.1, 0.15) is 12.5 Å². The van der Waals surface area contributed by atoms with E-state index in [9.17, 15) is 4.79 Å². The van der Waals surface area contributed by atoms with Crippen molar-refractivity contribution < 1.29 is 14.2 Å². The third kappa shape index (κ3) is 4.74. The van der Waals surface area contributed by atoms with Crippen LogP contribution >= 0.6 is 0 Å². The molecular formula is C24H22N8O3. The lowest BCUT2D eigenvalue weighted by atomic mass is 10.2. The zero-order valence-electron chi connectivity index (χ0n) is 18.8. The second kappa shape index (κ2) is 9.51. The third-order valence-corrected chi connectivity index (χ3v) is 5.26. The van der Waals surface area contributed by atoms with Gasteiger partial charge in [0.25, 0.3) is 0 Å². The molecule has 0 fully saturated rings. The molecule has 2 aromatic carbocycles. The Morgan fingerprint density at radius 1 is 1.11 bits per heavy atom. The number of urea groups is 1. The number of nitrogen functional groups attached to an aromatic ring is 1. The van der Waals surface area contributed by atoms with Crippen LogP contribution in [0.5, 0.6) is 11.6 Å². The number of fused-ring (bicyclic) bond motifs is 1. The van der Waals surface area contributed by atoms with E-state index in [1.165, 1.54) is 0 Å². The van der Waals surface area contributed by atoms with Gasteiger partial charge < -0.3 is 25.7 Å². The van der Waals surface area contributed by atoms with Gasteiger partial charge in [-0.25, -0.2) is 19.4 Å². The van der Waals surface area contributed by atoms with Gasteiger partial charge in [-0.3, -0.25) is 0 Å². The van der Waals surface area contributed by atoms with Crippen molar-refractivity contribution in [3.63, 3.8) is 0 Å². The Hall–Kier alpha value is -4.93. The van der Waals surface area contributed by atoms with Crippen LogP contribution in [-0.4, -0.2) is 30.9 Å². The summed E-state index contributed by atoms with van der Waals surface area (Å²) in [5, 5.41) is 13.1. The molecule has 0 aliphatic heterocycles. The predicted octanol–water partition coefficient (Wildman–Crippen LogP) is 4.20. The summed E-state index contributed by atoms with van der Waals surface area (Å²) in [6.45, 7) is 3.02. The van der Waals surface area contributed by atoms with Gasteiger partial charge in [0, 0.05) is 30.9 Å². The smallest absolute Gasteiger partial charge is 0.319 e. The Bertz CT molecular complexity index is 1480. The number of hydrogen-bond acceptors (Lipinski definition) is 8. The van der Waals surface area contributed by atoms with Gasteiger partial charge in [0.15, 0.2) is 17.3 Å². The van der Waals surface area contributed by atoms with E-state index in [2.05, 4.69) is 30.9 Å². The number of nitrogens with two attached hydrogens (primary N) is 1. The number of aromatic nitrogens is 5. The van der Waals surface area contributed by atoms with Crippen LogP contribution in [0.3, 0.4) is 0 Å². The second-order valence-electron chi connectivity index (χ2n) is 7.61. The maximum atomic E-state index is 12.3. The van der Waals surface area contributed by atoms with Gasteiger partial charge in [-0.1, -0.05) is 36.4 Å². The highest BCUT2D eigenvalue weighted by molar-refractivity contribution is 5.89. The first-order valence-corrected chi connectivity index (χ1v) is 10.9. The number of amides is 2. The molecule has 176 valence electrons. The number of hydrogen-bond donors (Lipinski definition) is 3. The molecule has 0 bridgehead atoms. The quantitative estimate of drug-likeness (QED) is 0.321. The van der Waals surface area contributed by atoms with Gasteiger partial charge in [0.2, 0.25) is 5.88 Å². The number of imidazole rings is 1. The van der Waals surface area contributed by atoms with Gasteiger partial charge in [0.05, 0.1) is 11.7 Å². The molecule has 0 spiro atoms. The van der Waals surface area contributed by atoms with Crippen molar-refractivity contribution in [2.45, 2.75) is 20.0 Å². The Balaban J connectivity index is 1.31. The maximum absolute atomic E-state index is 12.3. The minimum atomic E-state index is -0.313. The first-order chi connectivity index (χ1) is 17.1. The number of carbonyl (C=O) groups excluding carboxylic acids is 1. The number of benzene rings is 2. The number of nitrogens with zero attached hydrogens (tertiary/aromatic N) is 5. The molecule has 5 aromatic rings. The van der Waals surface area contributed by atoms with Crippen molar-refractivity contribution >= 4 is 28.6 Å². The van der Waals surface area contributed by atoms with E-state index in [1.807, 2.05) is 41.8 Å². The van der Waals surface area contributed by atoms with E-state index in [-0.39, 0.29) is 11.8 Å². The van der Waals surface area contributed by atoms with Gasteiger partial charge in [0.1, 0.15) is 11.3 Å². The first kappa shape index (κ1) is 21.9. The monoisotopic (exact) mass is 470 g/mol. The standard InChI is InChI=1S/C24H22N8O3/c1-2-32-19-12-20(26-14-18(19)29-23(32)21-22(25)31-35-30-21)34-17-10-6-9-16(11-17)28-24(33)27-13-15-7-4-3-5-8-15/h3-12,14H,2,13H2,1H3,(H2,25,31)(H2,27,28,33). The van der Waals surface area contributed by atoms with Crippen LogP contribution in [0.4, 0.5) is 16.3 Å². The molecule has 0 atom stereocenters. The summed E-state index contributed by atoms with van der Waals surface area (Å²) in [4.78, 5) is 21.2. The number of pyridine rings is 1. The highest BCUT2D eigenvalue weighted by Crippen LogP contribution is 2.29. The zero-order chi connectivity index (χ0) is 24.2. The number of anilines is 2. The van der Waals surface area contributed by atoms with Crippen molar-refractivity contribution in [1.29, 1.82) is 0 Å². The lowest BCUT2D eigenvalue weighted by Gasteiger charge is -2.10. The van der Waals surface area contributed by atoms with Gasteiger partial charge in [-0.2, -0.15) is 0 Å². The molecule has 5 rings (SSSR count). The molecule has 0 aliphatic carbocycles. The van der Waals surface area contributed by atoms with Crippen LogP contribution in [0, 0.1) is 0 Å². The summed E-state index contributed by atoms with van der Waals surface area (Å²) in [7, 11) is 0. The van der Waals surface area contributed by atoms with E-state index >= 15 is 0 Å². The summed E-state index contributed by atoms with van der Waals surface area (Å²) in [5.41, 5.74) is 9.27. The third-order valence-electron chi connectivity index (χ3n) is 5.26. The zero-order valence-corrected chi connectivity index (χ0v) is 18.8. The second-order valence-corrected chi connectivity index (χ2v) is 7.61. The molecule has 0 saturated heterocycles. The van der Waals surface area contributed by atoms with Gasteiger partial charge >= 0.3 is 6.03 Å². The van der Waals surface area contributed by atoms with Gasteiger partial charge in [-0.05, 0) is 34.9 Å². The summed E-state index contributed by atoms with van der Waals surface area (Å²) in [6.07, 6.45) is 1.61. The molecule has 0 saturated carbocycles. The molecule has 11 nitrogen and oxygen atoms in total. The number of carbonyl (C=O) groups is 1. The summed E-state index contributed by atoms with van der Waals surface area (Å²) in [6, 6.07) is 18.2. The molecule has 3 heterocycles. The molecular weight excluding hydrogens is 448 g/mol. The van der Waals surface area contributed by atoms with Crippen molar-refractivity contribution in [2.75, 3.05) is 11.1 Å². The van der Waals surface area contributed by atoms with E-state index < -0.39 is 0 Å². The van der Waals surface area contributed by atoms with Crippen LogP contribution in [0.2, 0.25) is 0 Å². The number of ether oxygens (including phenoxy) is 1. The topological polar surface area (TPSA) is 146 Å². The molecule has 35 heavy (non-hydrogen) atoms. The largest absolute Gasteiger partial charge is 0.439 e. The fourth-order valence-corrected chi connectivity index (χ4v) is 3.63. The molecule has 0 unspecified atom stereocenters. The Labute approximate surface area is 199 Å². The van der Waals surface area contributed by atoms with Crippen LogP contribution < -0.4 is 21.1 Å². The fourth-order valence-electron chi connectivity index (χ4n) is 3.63. The fraction of sp³-hybridized carbons (Fsp3) is 0.125. The van der Waals surface area contributed by atoms with E-state index in [1.54, 1.807) is 36.5 Å².